The quantitative estimate of drug-likeness (QED) is 0.241. The number of nitrogens with zero attached hydrogens (tertiary/aromatic N) is 3. The van der Waals surface area contributed by atoms with Crippen LogP contribution in [-0.4, -0.2) is 31.6 Å². The van der Waals surface area contributed by atoms with Crippen molar-refractivity contribution in [3.8, 4) is 17.4 Å². The van der Waals surface area contributed by atoms with Gasteiger partial charge in [0.15, 0.2) is 11.5 Å². The van der Waals surface area contributed by atoms with Crippen molar-refractivity contribution in [2.75, 3.05) is 7.11 Å². The highest BCUT2D eigenvalue weighted by Gasteiger charge is 2.33. The second-order valence-corrected chi connectivity index (χ2v) is 10.2. The number of para-hydroxylation sites is 2. The van der Waals surface area contributed by atoms with Crippen molar-refractivity contribution >= 4 is 45.9 Å². The molecular formula is C28H23N3O4S2. The van der Waals surface area contributed by atoms with Gasteiger partial charge < -0.3 is 9.47 Å². The van der Waals surface area contributed by atoms with Crippen LogP contribution < -0.4 is 15.0 Å². The van der Waals surface area contributed by atoms with Crippen molar-refractivity contribution in [1.82, 2.24) is 14.3 Å². The average molecular weight is 530 g/mol. The van der Waals surface area contributed by atoms with Crippen LogP contribution in [0.5, 0.6) is 17.4 Å². The summed E-state index contributed by atoms with van der Waals surface area (Å²) in [5, 5.41) is 0. The number of benzene rings is 2. The summed E-state index contributed by atoms with van der Waals surface area (Å²) in [7, 11) is 1.54. The molecule has 0 bridgehead atoms. The fourth-order valence-electron chi connectivity index (χ4n) is 3.94. The van der Waals surface area contributed by atoms with Gasteiger partial charge in [0.25, 0.3) is 11.5 Å². The van der Waals surface area contributed by atoms with E-state index in [0.29, 0.717) is 32.9 Å². The molecule has 0 radical (unpaired) electrons. The number of thioether (sulfide) groups is 1. The summed E-state index contributed by atoms with van der Waals surface area (Å²) >= 11 is 6.67. The number of pyridine rings is 1. The van der Waals surface area contributed by atoms with E-state index in [1.165, 1.54) is 22.5 Å². The van der Waals surface area contributed by atoms with Crippen molar-refractivity contribution in [2.45, 2.75) is 20.4 Å². The van der Waals surface area contributed by atoms with Crippen LogP contribution in [0.25, 0.3) is 11.7 Å². The number of hydrogen-bond acceptors (Lipinski definition) is 7. The summed E-state index contributed by atoms with van der Waals surface area (Å²) in [4.78, 5) is 33.5. The molecule has 3 heterocycles. The molecular weight excluding hydrogens is 506 g/mol. The third kappa shape index (κ3) is 4.87. The summed E-state index contributed by atoms with van der Waals surface area (Å²) in [6.45, 7) is 4.22. The molecule has 4 aromatic rings. The van der Waals surface area contributed by atoms with Crippen molar-refractivity contribution in [3.05, 3.63) is 104 Å². The van der Waals surface area contributed by atoms with Gasteiger partial charge in [0, 0.05) is 6.20 Å². The first kappa shape index (κ1) is 24.7. The van der Waals surface area contributed by atoms with Crippen LogP contribution in [0.15, 0.2) is 76.6 Å². The van der Waals surface area contributed by atoms with Crippen LogP contribution in [0, 0.1) is 13.8 Å². The number of rotatable bonds is 6. The minimum absolute atomic E-state index is 0.0765. The largest absolute Gasteiger partial charge is 0.493 e. The van der Waals surface area contributed by atoms with Gasteiger partial charge in [0.2, 0.25) is 5.88 Å². The molecule has 7 nitrogen and oxygen atoms in total. The van der Waals surface area contributed by atoms with Gasteiger partial charge in [-0.15, -0.1) is 0 Å². The Bertz CT molecular complexity index is 1630. The predicted octanol–water partition coefficient (Wildman–Crippen LogP) is 5.51. The molecule has 1 amide bonds. The van der Waals surface area contributed by atoms with E-state index in [9.17, 15) is 9.59 Å². The maximum Gasteiger partial charge on any atom is 0.269 e. The monoisotopic (exact) mass is 529 g/mol. The highest BCUT2D eigenvalue weighted by atomic mass is 32.2. The molecule has 0 aliphatic carbocycles. The molecule has 0 unspecified atom stereocenters. The third-order valence-corrected chi connectivity index (χ3v) is 7.31. The lowest BCUT2D eigenvalue weighted by Crippen LogP contribution is -2.27. The number of hydrogen-bond donors (Lipinski definition) is 0. The zero-order valence-electron chi connectivity index (χ0n) is 20.4. The predicted molar refractivity (Wildman–Crippen MR) is 149 cm³/mol. The van der Waals surface area contributed by atoms with Crippen LogP contribution in [0.2, 0.25) is 0 Å². The Balaban J connectivity index is 1.59. The Kier molecular flexibility index (Phi) is 6.82. The fraction of sp³-hybridized carbons (Fsp3) is 0.143. The molecule has 0 N–H and O–H groups in total. The van der Waals surface area contributed by atoms with Gasteiger partial charge in [-0.2, -0.15) is 4.98 Å². The average Bonchev–Trinajstić information content (AvgIpc) is 3.15. The molecule has 2 aromatic carbocycles. The topological polar surface area (TPSA) is 73.1 Å². The van der Waals surface area contributed by atoms with E-state index in [2.05, 4.69) is 4.98 Å². The van der Waals surface area contributed by atoms with Gasteiger partial charge in [-0.1, -0.05) is 72.0 Å². The molecule has 1 fully saturated rings. The highest BCUT2D eigenvalue weighted by molar-refractivity contribution is 8.26. The lowest BCUT2D eigenvalue weighted by molar-refractivity contribution is -0.122. The van der Waals surface area contributed by atoms with Crippen LogP contribution >= 0.6 is 24.0 Å². The Morgan fingerprint density at radius 3 is 2.46 bits per heavy atom. The summed E-state index contributed by atoms with van der Waals surface area (Å²) in [6, 6.07) is 18.7. The van der Waals surface area contributed by atoms with Crippen molar-refractivity contribution < 1.29 is 14.3 Å². The van der Waals surface area contributed by atoms with Crippen LogP contribution in [0.1, 0.15) is 22.3 Å². The Morgan fingerprint density at radius 1 is 1.00 bits per heavy atom. The lowest BCUT2D eigenvalue weighted by Gasteiger charge is -2.15. The van der Waals surface area contributed by atoms with Crippen LogP contribution in [0.3, 0.4) is 0 Å². The molecule has 0 spiro atoms. The number of carbonyl (C=O) groups is 1. The highest BCUT2D eigenvalue weighted by Crippen LogP contribution is 2.36. The molecule has 1 aliphatic rings. The number of ether oxygens (including phenoxy) is 2. The SMILES string of the molecule is COc1ccccc1Oc1nc2c(C)cccn2c(=O)c1/C=C1/SC(=S)N(Cc2ccc(C)cc2)C1=O. The first-order chi connectivity index (χ1) is 17.9. The first-order valence-electron chi connectivity index (χ1n) is 11.5. The second-order valence-electron chi connectivity index (χ2n) is 8.53. The van der Waals surface area contributed by atoms with Gasteiger partial charge in [-0.25, -0.2) is 0 Å². The van der Waals surface area contributed by atoms with E-state index in [1.807, 2.05) is 50.2 Å². The third-order valence-electron chi connectivity index (χ3n) is 5.94. The smallest absolute Gasteiger partial charge is 0.269 e. The molecule has 0 atom stereocenters. The molecule has 5 rings (SSSR count). The summed E-state index contributed by atoms with van der Waals surface area (Å²) in [5.41, 5.74) is 3.15. The van der Waals surface area contributed by atoms with E-state index >= 15 is 0 Å². The number of fused-ring (bicyclic) bond motifs is 1. The number of aromatic nitrogens is 2. The first-order valence-corrected chi connectivity index (χ1v) is 12.7. The van der Waals surface area contributed by atoms with E-state index in [0.717, 1.165) is 28.5 Å². The summed E-state index contributed by atoms with van der Waals surface area (Å²) in [5.74, 6) is 0.696. The minimum atomic E-state index is -0.359. The van der Waals surface area contributed by atoms with Gasteiger partial charge in [0.1, 0.15) is 15.5 Å². The van der Waals surface area contributed by atoms with E-state index in [-0.39, 0.29) is 22.9 Å². The van der Waals surface area contributed by atoms with E-state index < -0.39 is 0 Å². The fourth-order valence-corrected chi connectivity index (χ4v) is 5.18. The van der Waals surface area contributed by atoms with E-state index in [1.54, 1.807) is 30.5 Å². The number of amides is 1. The Labute approximate surface area is 223 Å². The maximum atomic E-state index is 13.6. The number of carbonyl (C=O) groups excluding carboxylic acids is 1. The summed E-state index contributed by atoms with van der Waals surface area (Å²) < 4.78 is 13.4. The van der Waals surface area contributed by atoms with Crippen molar-refractivity contribution in [3.63, 3.8) is 0 Å². The van der Waals surface area contributed by atoms with E-state index in [4.69, 9.17) is 21.7 Å². The number of aryl methyl sites for hydroxylation is 2. The molecule has 0 saturated carbocycles. The molecule has 186 valence electrons. The van der Waals surface area contributed by atoms with Crippen molar-refractivity contribution in [2.24, 2.45) is 0 Å². The van der Waals surface area contributed by atoms with Crippen LogP contribution in [0.4, 0.5) is 0 Å². The molecule has 37 heavy (non-hydrogen) atoms. The van der Waals surface area contributed by atoms with Gasteiger partial charge in [-0.05, 0) is 49.2 Å². The Hall–Kier alpha value is -3.95. The molecule has 1 aliphatic heterocycles. The van der Waals surface area contributed by atoms with Gasteiger partial charge in [-0.3, -0.25) is 18.9 Å². The second kappa shape index (κ2) is 10.2. The molecule has 2 aromatic heterocycles. The number of thiocarbonyl (C=S) groups is 1. The van der Waals surface area contributed by atoms with Crippen LogP contribution in [-0.2, 0) is 11.3 Å². The van der Waals surface area contributed by atoms with Gasteiger partial charge in [0.05, 0.1) is 18.6 Å². The minimum Gasteiger partial charge on any atom is -0.493 e. The normalized spacial score (nSPS) is 14.6. The zero-order chi connectivity index (χ0) is 26.1. The van der Waals surface area contributed by atoms with Gasteiger partial charge >= 0.3 is 0 Å². The lowest BCUT2D eigenvalue weighted by atomic mass is 10.1. The van der Waals surface area contributed by atoms with Crippen molar-refractivity contribution in [1.29, 1.82) is 0 Å². The standard InChI is InChI=1S/C28H23N3O4S2/c1-17-10-12-19(13-11-17)16-31-27(33)23(37-28(31)36)15-20-25(35-22-9-5-4-8-21(22)34-3)29-24-18(2)7-6-14-30(24)26(20)32/h4-15H,16H2,1-3H3/b23-15+. The summed E-state index contributed by atoms with van der Waals surface area (Å²) in [6.07, 6.45) is 3.16. The molecule has 1 saturated heterocycles. The molecule has 9 heteroatoms. The maximum absolute atomic E-state index is 13.6. The Morgan fingerprint density at radius 2 is 1.73 bits per heavy atom. The number of methoxy groups -OCH3 is 1. The zero-order valence-corrected chi connectivity index (χ0v) is 22.1.